The van der Waals surface area contributed by atoms with Gasteiger partial charge in [0.05, 0.1) is 22.6 Å². The Morgan fingerprint density at radius 1 is 1.61 bits per heavy atom. The number of nitrogen functional groups attached to an aromatic ring is 1. The first-order chi connectivity index (χ1) is 8.54. The van der Waals surface area contributed by atoms with E-state index in [1.165, 1.54) is 11.8 Å². The molecule has 0 heterocycles. The fraction of sp³-hybridized carbons (Fsp3) is 0.417. The number of benzene rings is 1. The number of amides is 1. The highest BCUT2D eigenvalue weighted by molar-refractivity contribution is 8.00. The second-order valence-corrected chi connectivity index (χ2v) is 5.59. The van der Waals surface area contributed by atoms with Crippen LogP contribution in [0.4, 0.5) is 11.4 Å². The highest BCUT2D eigenvalue weighted by Crippen LogP contribution is 2.25. The Morgan fingerprint density at radius 3 is 2.94 bits per heavy atom. The highest BCUT2D eigenvalue weighted by atomic mass is 35.5. The number of nitrogens with one attached hydrogen (secondary N) is 1. The zero-order valence-electron chi connectivity index (χ0n) is 10.4. The fourth-order valence-corrected chi connectivity index (χ4v) is 2.31. The SMILES string of the molecule is COCCSC(C)C(=O)Nc1ccc(N)cc1Cl. The molecule has 0 bridgehead atoms. The van der Waals surface area contributed by atoms with E-state index in [1.807, 2.05) is 6.92 Å². The summed E-state index contributed by atoms with van der Waals surface area (Å²) < 4.78 is 4.93. The van der Waals surface area contributed by atoms with E-state index in [4.69, 9.17) is 22.1 Å². The van der Waals surface area contributed by atoms with Crippen LogP contribution >= 0.6 is 23.4 Å². The van der Waals surface area contributed by atoms with Crippen LogP contribution in [-0.2, 0) is 9.53 Å². The van der Waals surface area contributed by atoms with E-state index in [-0.39, 0.29) is 11.2 Å². The van der Waals surface area contributed by atoms with E-state index in [1.54, 1.807) is 25.3 Å². The maximum absolute atomic E-state index is 11.9. The van der Waals surface area contributed by atoms with E-state index >= 15 is 0 Å². The number of halogens is 1. The molecule has 100 valence electrons. The van der Waals surface area contributed by atoms with E-state index < -0.39 is 0 Å². The van der Waals surface area contributed by atoms with Crippen molar-refractivity contribution in [1.29, 1.82) is 0 Å². The van der Waals surface area contributed by atoms with Gasteiger partial charge in [0.1, 0.15) is 0 Å². The van der Waals surface area contributed by atoms with Crippen molar-refractivity contribution in [3.05, 3.63) is 23.2 Å². The van der Waals surface area contributed by atoms with E-state index in [2.05, 4.69) is 5.32 Å². The van der Waals surface area contributed by atoms with Crippen LogP contribution in [0.5, 0.6) is 0 Å². The fourth-order valence-electron chi connectivity index (χ4n) is 1.25. The third-order valence-electron chi connectivity index (χ3n) is 2.28. The molecule has 0 spiro atoms. The van der Waals surface area contributed by atoms with Gasteiger partial charge in [-0.2, -0.15) is 0 Å². The number of hydrogen-bond donors (Lipinski definition) is 2. The Bertz CT molecular complexity index is 415. The highest BCUT2D eigenvalue weighted by Gasteiger charge is 2.14. The van der Waals surface area contributed by atoms with Crippen molar-refractivity contribution in [1.82, 2.24) is 0 Å². The summed E-state index contributed by atoms with van der Waals surface area (Å²) in [6.07, 6.45) is 0. The largest absolute Gasteiger partial charge is 0.399 e. The lowest BCUT2D eigenvalue weighted by molar-refractivity contribution is -0.115. The third-order valence-corrected chi connectivity index (χ3v) is 3.70. The maximum Gasteiger partial charge on any atom is 0.237 e. The van der Waals surface area contributed by atoms with Crippen molar-refractivity contribution in [2.75, 3.05) is 30.5 Å². The van der Waals surface area contributed by atoms with Crippen LogP contribution in [0.3, 0.4) is 0 Å². The Hall–Kier alpha value is -0.910. The Morgan fingerprint density at radius 2 is 2.33 bits per heavy atom. The number of nitrogens with two attached hydrogens (primary N) is 1. The second-order valence-electron chi connectivity index (χ2n) is 3.73. The molecule has 0 saturated heterocycles. The first kappa shape index (κ1) is 15.1. The smallest absolute Gasteiger partial charge is 0.237 e. The molecule has 0 aliphatic rings. The van der Waals surface area contributed by atoms with Crippen LogP contribution in [0.25, 0.3) is 0 Å². The number of ether oxygens (including phenoxy) is 1. The lowest BCUT2D eigenvalue weighted by Crippen LogP contribution is -2.23. The van der Waals surface area contributed by atoms with Gasteiger partial charge in [-0.25, -0.2) is 0 Å². The standard InChI is InChI=1S/C12H17ClN2O2S/c1-8(18-6-5-17-2)12(16)15-11-4-3-9(14)7-10(11)13/h3-4,7-8H,5-6,14H2,1-2H3,(H,15,16). The number of carbonyl (C=O) groups is 1. The average Bonchev–Trinajstić information content (AvgIpc) is 2.32. The molecule has 4 nitrogen and oxygen atoms in total. The number of rotatable bonds is 6. The molecule has 3 N–H and O–H groups in total. The molecule has 1 unspecified atom stereocenters. The molecule has 0 saturated carbocycles. The monoisotopic (exact) mass is 288 g/mol. The second kappa shape index (κ2) is 7.51. The molecular weight excluding hydrogens is 272 g/mol. The molecule has 0 aliphatic heterocycles. The summed E-state index contributed by atoms with van der Waals surface area (Å²) in [6.45, 7) is 2.48. The predicted molar refractivity (Wildman–Crippen MR) is 78.3 cm³/mol. The molecule has 1 aromatic rings. The van der Waals surface area contributed by atoms with Gasteiger partial charge in [-0.3, -0.25) is 4.79 Å². The number of carbonyl (C=O) groups excluding carboxylic acids is 1. The van der Waals surface area contributed by atoms with Crippen LogP contribution < -0.4 is 11.1 Å². The van der Waals surface area contributed by atoms with Gasteiger partial charge in [-0.05, 0) is 25.1 Å². The molecule has 1 aromatic carbocycles. The lowest BCUT2D eigenvalue weighted by Gasteiger charge is -2.13. The molecular formula is C12H17ClN2O2S. The quantitative estimate of drug-likeness (QED) is 0.624. The minimum atomic E-state index is -0.159. The summed E-state index contributed by atoms with van der Waals surface area (Å²) >= 11 is 7.52. The van der Waals surface area contributed by atoms with Gasteiger partial charge < -0.3 is 15.8 Å². The molecule has 18 heavy (non-hydrogen) atoms. The summed E-state index contributed by atoms with van der Waals surface area (Å²) in [5.74, 6) is 0.698. The Balaban J connectivity index is 2.53. The Labute approximate surface area is 116 Å². The molecule has 0 aliphatic carbocycles. The zero-order valence-corrected chi connectivity index (χ0v) is 12.0. The predicted octanol–water partition coefficient (Wildman–Crippen LogP) is 2.63. The molecule has 0 fully saturated rings. The first-order valence-electron chi connectivity index (χ1n) is 5.51. The van der Waals surface area contributed by atoms with Crippen LogP contribution in [-0.4, -0.2) is 30.6 Å². The third kappa shape index (κ3) is 4.76. The number of hydrogen-bond acceptors (Lipinski definition) is 4. The normalized spacial score (nSPS) is 12.2. The average molecular weight is 289 g/mol. The summed E-state index contributed by atoms with van der Waals surface area (Å²) in [5, 5.41) is 3.06. The van der Waals surface area contributed by atoms with Crippen LogP contribution in [0.1, 0.15) is 6.92 Å². The number of thioether (sulfide) groups is 1. The van der Waals surface area contributed by atoms with Gasteiger partial charge in [0, 0.05) is 18.6 Å². The van der Waals surface area contributed by atoms with Crippen molar-refractivity contribution in [3.63, 3.8) is 0 Å². The van der Waals surface area contributed by atoms with E-state index in [0.29, 0.717) is 23.0 Å². The summed E-state index contributed by atoms with van der Waals surface area (Å²) in [5.41, 5.74) is 6.73. The van der Waals surface area contributed by atoms with Gasteiger partial charge in [-0.15, -0.1) is 11.8 Å². The van der Waals surface area contributed by atoms with Crippen molar-refractivity contribution in [3.8, 4) is 0 Å². The van der Waals surface area contributed by atoms with Crippen molar-refractivity contribution in [2.45, 2.75) is 12.2 Å². The molecule has 1 rings (SSSR count). The Kier molecular flexibility index (Phi) is 6.32. The first-order valence-corrected chi connectivity index (χ1v) is 6.93. The van der Waals surface area contributed by atoms with Gasteiger partial charge in [0.15, 0.2) is 0 Å². The summed E-state index contributed by atoms with van der Waals surface area (Å²) in [6, 6.07) is 5.01. The lowest BCUT2D eigenvalue weighted by atomic mass is 10.2. The summed E-state index contributed by atoms with van der Waals surface area (Å²) in [4.78, 5) is 11.9. The molecule has 0 aromatic heterocycles. The van der Waals surface area contributed by atoms with Gasteiger partial charge in [0.2, 0.25) is 5.91 Å². The van der Waals surface area contributed by atoms with Crippen LogP contribution in [0, 0.1) is 0 Å². The van der Waals surface area contributed by atoms with Crippen LogP contribution in [0.15, 0.2) is 18.2 Å². The van der Waals surface area contributed by atoms with Gasteiger partial charge in [0.25, 0.3) is 0 Å². The van der Waals surface area contributed by atoms with Gasteiger partial charge >= 0.3 is 0 Å². The van der Waals surface area contributed by atoms with Crippen molar-refractivity contribution < 1.29 is 9.53 Å². The topological polar surface area (TPSA) is 64.3 Å². The van der Waals surface area contributed by atoms with E-state index in [9.17, 15) is 4.79 Å². The molecule has 1 atom stereocenters. The molecule has 1 amide bonds. The minimum absolute atomic E-state index is 0.0808. The van der Waals surface area contributed by atoms with Crippen LogP contribution in [0.2, 0.25) is 5.02 Å². The van der Waals surface area contributed by atoms with Gasteiger partial charge in [-0.1, -0.05) is 11.6 Å². The zero-order chi connectivity index (χ0) is 13.5. The minimum Gasteiger partial charge on any atom is -0.399 e. The van der Waals surface area contributed by atoms with Crippen molar-refractivity contribution >= 4 is 40.6 Å². The molecule has 0 radical (unpaired) electrons. The molecule has 6 heteroatoms. The number of methoxy groups -OCH3 is 1. The maximum atomic E-state index is 11.9. The number of anilines is 2. The van der Waals surface area contributed by atoms with Crippen molar-refractivity contribution in [2.24, 2.45) is 0 Å². The summed E-state index contributed by atoms with van der Waals surface area (Å²) in [7, 11) is 1.64. The van der Waals surface area contributed by atoms with E-state index in [0.717, 1.165) is 5.75 Å².